The highest BCUT2D eigenvalue weighted by molar-refractivity contribution is 5.58. The molecule has 0 aromatic heterocycles. The van der Waals surface area contributed by atoms with Crippen LogP contribution in [-0.4, -0.2) is 25.7 Å². The number of nitrogens with one attached hydrogen (secondary N) is 1. The molecule has 106 valence electrons. The maximum Gasteiger partial charge on any atom is 0.0403 e. The van der Waals surface area contributed by atoms with Crippen molar-refractivity contribution in [2.75, 3.05) is 25.0 Å². The first-order valence-corrected chi connectivity index (χ1v) is 7.44. The van der Waals surface area contributed by atoms with Gasteiger partial charge in [0.15, 0.2) is 0 Å². The Labute approximate surface area is 118 Å². The van der Waals surface area contributed by atoms with E-state index in [1.165, 1.54) is 29.7 Å². The minimum atomic E-state index is 0.267. The summed E-state index contributed by atoms with van der Waals surface area (Å²) in [5.41, 5.74) is 4.51. The van der Waals surface area contributed by atoms with Gasteiger partial charge in [0, 0.05) is 17.8 Å². The van der Waals surface area contributed by atoms with Gasteiger partial charge in [0.05, 0.1) is 0 Å². The molecule has 1 unspecified atom stereocenters. The topological polar surface area (TPSA) is 15.3 Å². The molecule has 1 atom stereocenters. The lowest BCUT2D eigenvalue weighted by molar-refractivity contribution is 0.286. The number of hydrogen-bond acceptors (Lipinski definition) is 2. The van der Waals surface area contributed by atoms with Gasteiger partial charge < -0.3 is 10.2 Å². The van der Waals surface area contributed by atoms with E-state index in [0.717, 1.165) is 19.0 Å². The zero-order valence-electron chi connectivity index (χ0n) is 13.1. The Balaban J connectivity index is 2.30. The van der Waals surface area contributed by atoms with Gasteiger partial charge in [-0.2, -0.15) is 0 Å². The van der Waals surface area contributed by atoms with Crippen LogP contribution < -0.4 is 10.2 Å². The average Bonchev–Trinajstić information content (AvgIpc) is 2.36. The van der Waals surface area contributed by atoms with E-state index in [9.17, 15) is 0 Å². The molecule has 0 aliphatic carbocycles. The highest BCUT2D eigenvalue weighted by Crippen LogP contribution is 2.36. The molecule has 1 saturated heterocycles. The molecule has 0 saturated carbocycles. The van der Waals surface area contributed by atoms with Crippen molar-refractivity contribution in [3.63, 3.8) is 0 Å². The maximum atomic E-state index is 3.34. The SMILES string of the molecule is CNCC1CCC(C)(C)N(c2cccc(C)c2C)C1. The van der Waals surface area contributed by atoms with Crippen LogP contribution >= 0.6 is 0 Å². The van der Waals surface area contributed by atoms with Crippen molar-refractivity contribution in [3.8, 4) is 0 Å². The van der Waals surface area contributed by atoms with Crippen LogP contribution in [0.2, 0.25) is 0 Å². The van der Waals surface area contributed by atoms with E-state index in [-0.39, 0.29) is 5.54 Å². The van der Waals surface area contributed by atoms with Crippen LogP contribution in [0.25, 0.3) is 0 Å². The van der Waals surface area contributed by atoms with Crippen molar-refractivity contribution in [1.29, 1.82) is 0 Å². The van der Waals surface area contributed by atoms with Crippen molar-refractivity contribution in [2.24, 2.45) is 5.92 Å². The molecule has 2 nitrogen and oxygen atoms in total. The Bertz CT molecular complexity index is 437. The van der Waals surface area contributed by atoms with Gasteiger partial charge in [-0.15, -0.1) is 0 Å². The van der Waals surface area contributed by atoms with Crippen LogP contribution in [0.5, 0.6) is 0 Å². The summed E-state index contributed by atoms with van der Waals surface area (Å²) >= 11 is 0. The lowest BCUT2D eigenvalue weighted by atomic mass is 9.83. The number of rotatable bonds is 3. The predicted molar refractivity (Wildman–Crippen MR) is 84.0 cm³/mol. The summed E-state index contributed by atoms with van der Waals surface area (Å²) in [7, 11) is 2.06. The summed E-state index contributed by atoms with van der Waals surface area (Å²) in [5, 5.41) is 3.34. The molecule has 0 spiro atoms. The van der Waals surface area contributed by atoms with Crippen LogP contribution in [0.3, 0.4) is 0 Å². The first-order chi connectivity index (χ1) is 8.95. The number of anilines is 1. The maximum absolute atomic E-state index is 3.34. The van der Waals surface area contributed by atoms with Crippen molar-refractivity contribution in [2.45, 2.75) is 46.1 Å². The third kappa shape index (κ3) is 2.94. The Morgan fingerprint density at radius 2 is 2.05 bits per heavy atom. The smallest absolute Gasteiger partial charge is 0.0403 e. The Morgan fingerprint density at radius 1 is 1.32 bits per heavy atom. The second-order valence-corrected chi connectivity index (χ2v) is 6.60. The molecule has 1 aliphatic heterocycles. The standard InChI is InChI=1S/C17H28N2/c1-13-7-6-8-16(14(13)2)19-12-15(11-18-5)9-10-17(19,3)4/h6-8,15,18H,9-12H2,1-5H3. The third-order valence-electron chi connectivity index (χ3n) is 4.70. The summed E-state index contributed by atoms with van der Waals surface area (Å²) in [4.78, 5) is 2.63. The first kappa shape index (κ1) is 14.4. The molecule has 1 fully saturated rings. The van der Waals surface area contributed by atoms with Crippen LogP contribution in [0.1, 0.15) is 37.8 Å². The zero-order chi connectivity index (χ0) is 14.0. The van der Waals surface area contributed by atoms with Crippen LogP contribution in [0, 0.1) is 19.8 Å². The van der Waals surface area contributed by atoms with Crippen LogP contribution in [-0.2, 0) is 0 Å². The monoisotopic (exact) mass is 260 g/mol. The summed E-state index contributed by atoms with van der Waals surface area (Å²) in [5.74, 6) is 0.762. The van der Waals surface area contributed by atoms with Crippen molar-refractivity contribution in [1.82, 2.24) is 5.32 Å². The Morgan fingerprint density at radius 3 is 2.74 bits per heavy atom. The zero-order valence-corrected chi connectivity index (χ0v) is 13.1. The van der Waals surface area contributed by atoms with Crippen LogP contribution in [0.4, 0.5) is 5.69 Å². The van der Waals surface area contributed by atoms with Crippen LogP contribution in [0.15, 0.2) is 18.2 Å². The molecule has 0 bridgehead atoms. The molecule has 19 heavy (non-hydrogen) atoms. The second-order valence-electron chi connectivity index (χ2n) is 6.60. The lowest BCUT2D eigenvalue weighted by Crippen LogP contribution is -2.52. The molecule has 0 radical (unpaired) electrons. The van der Waals surface area contributed by atoms with Gasteiger partial charge in [0.2, 0.25) is 0 Å². The van der Waals surface area contributed by atoms with Gasteiger partial charge in [-0.3, -0.25) is 0 Å². The molecule has 1 N–H and O–H groups in total. The minimum Gasteiger partial charge on any atom is -0.366 e. The number of nitrogens with zero attached hydrogens (tertiary/aromatic N) is 1. The molecular formula is C17H28N2. The summed E-state index contributed by atoms with van der Waals surface area (Å²) < 4.78 is 0. The van der Waals surface area contributed by atoms with Gasteiger partial charge in [0.1, 0.15) is 0 Å². The third-order valence-corrected chi connectivity index (χ3v) is 4.70. The van der Waals surface area contributed by atoms with Crippen molar-refractivity contribution in [3.05, 3.63) is 29.3 Å². The number of benzene rings is 1. The average molecular weight is 260 g/mol. The van der Waals surface area contributed by atoms with Crippen molar-refractivity contribution < 1.29 is 0 Å². The van der Waals surface area contributed by atoms with Gasteiger partial charge in [-0.25, -0.2) is 0 Å². The fourth-order valence-electron chi connectivity index (χ4n) is 3.20. The van der Waals surface area contributed by atoms with E-state index < -0.39 is 0 Å². The van der Waals surface area contributed by atoms with Gasteiger partial charge in [0.25, 0.3) is 0 Å². The first-order valence-electron chi connectivity index (χ1n) is 7.44. The van der Waals surface area contributed by atoms with E-state index in [4.69, 9.17) is 0 Å². The fraction of sp³-hybridized carbons (Fsp3) is 0.647. The van der Waals surface area contributed by atoms with E-state index in [0.29, 0.717) is 0 Å². The quantitative estimate of drug-likeness (QED) is 0.894. The van der Waals surface area contributed by atoms with E-state index in [1.54, 1.807) is 0 Å². The largest absolute Gasteiger partial charge is 0.366 e. The molecule has 1 heterocycles. The molecule has 2 heteroatoms. The lowest BCUT2D eigenvalue weighted by Gasteiger charge is -2.48. The Hall–Kier alpha value is -1.02. The molecular weight excluding hydrogens is 232 g/mol. The van der Waals surface area contributed by atoms with Gasteiger partial charge >= 0.3 is 0 Å². The number of piperidine rings is 1. The molecule has 1 aromatic carbocycles. The van der Waals surface area contributed by atoms with E-state index in [2.05, 4.69) is 63.2 Å². The Kier molecular flexibility index (Phi) is 4.19. The molecule has 2 rings (SSSR count). The molecule has 1 aromatic rings. The van der Waals surface area contributed by atoms with Gasteiger partial charge in [-0.1, -0.05) is 12.1 Å². The summed E-state index contributed by atoms with van der Waals surface area (Å²) in [6.07, 6.45) is 2.60. The predicted octanol–water partition coefficient (Wildman–Crippen LogP) is 3.52. The highest BCUT2D eigenvalue weighted by Gasteiger charge is 2.34. The highest BCUT2D eigenvalue weighted by atomic mass is 15.2. The van der Waals surface area contributed by atoms with Crippen molar-refractivity contribution >= 4 is 5.69 Å². The fourth-order valence-corrected chi connectivity index (χ4v) is 3.20. The number of hydrogen-bond donors (Lipinski definition) is 1. The van der Waals surface area contributed by atoms with E-state index in [1.807, 2.05) is 0 Å². The minimum absolute atomic E-state index is 0.267. The molecule has 1 aliphatic rings. The normalized spacial score (nSPS) is 22.6. The summed E-state index contributed by atoms with van der Waals surface area (Å²) in [6, 6.07) is 6.68. The summed E-state index contributed by atoms with van der Waals surface area (Å²) in [6.45, 7) is 11.5. The number of aryl methyl sites for hydroxylation is 1. The van der Waals surface area contributed by atoms with Gasteiger partial charge in [-0.05, 0) is 77.2 Å². The van der Waals surface area contributed by atoms with E-state index >= 15 is 0 Å². The molecule has 0 amide bonds. The second kappa shape index (κ2) is 5.54.